The maximum atomic E-state index is 10.5. The number of thioether (sulfide) groups is 1. The summed E-state index contributed by atoms with van der Waals surface area (Å²) < 4.78 is 0. The Bertz CT molecular complexity index is 316. The summed E-state index contributed by atoms with van der Waals surface area (Å²) in [4.78, 5) is 10.5. The third kappa shape index (κ3) is 1.99. The smallest absolute Gasteiger partial charge is 0.304 e. The van der Waals surface area contributed by atoms with E-state index in [1.54, 1.807) is 11.8 Å². The molecule has 4 heteroatoms. The van der Waals surface area contributed by atoms with Crippen LogP contribution in [0, 0.1) is 16.7 Å². The Morgan fingerprint density at radius 1 is 1.47 bits per heavy atom. The largest absolute Gasteiger partial charge is 0.481 e. The standard InChI is InChI=1S/C13H22O3S/c1-12(2)9-3-5-13(12,10(14)7-9)8-17-6-4-11(15)16/h9-10,14H,3-8H2,1-2H3,(H,15,16)/t9-,10-,13-/m1/s1. The van der Waals surface area contributed by atoms with Gasteiger partial charge in [0.15, 0.2) is 0 Å². The van der Waals surface area contributed by atoms with Crippen LogP contribution in [0.15, 0.2) is 0 Å². The molecule has 2 bridgehead atoms. The minimum Gasteiger partial charge on any atom is -0.481 e. The first kappa shape index (κ1) is 13.2. The number of aliphatic hydroxyl groups excluding tert-OH is 1. The van der Waals surface area contributed by atoms with E-state index in [9.17, 15) is 9.90 Å². The highest BCUT2D eigenvalue weighted by Crippen LogP contribution is 2.66. The van der Waals surface area contributed by atoms with Gasteiger partial charge in [-0.2, -0.15) is 11.8 Å². The number of carbonyl (C=O) groups is 1. The fraction of sp³-hybridized carbons (Fsp3) is 0.923. The zero-order valence-corrected chi connectivity index (χ0v) is 11.4. The highest BCUT2D eigenvalue weighted by molar-refractivity contribution is 7.99. The lowest BCUT2D eigenvalue weighted by Gasteiger charge is -2.40. The molecule has 0 aromatic carbocycles. The van der Waals surface area contributed by atoms with E-state index in [1.165, 1.54) is 6.42 Å². The number of aliphatic hydroxyl groups is 1. The van der Waals surface area contributed by atoms with Crippen molar-refractivity contribution >= 4 is 17.7 Å². The van der Waals surface area contributed by atoms with Crippen molar-refractivity contribution in [1.82, 2.24) is 0 Å². The van der Waals surface area contributed by atoms with Crippen LogP contribution in [0.1, 0.15) is 39.5 Å². The van der Waals surface area contributed by atoms with Crippen molar-refractivity contribution in [1.29, 1.82) is 0 Å². The van der Waals surface area contributed by atoms with Crippen molar-refractivity contribution in [2.75, 3.05) is 11.5 Å². The Hall–Kier alpha value is -0.220. The number of hydrogen-bond acceptors (Lipinski definition) is 3. The lowest BCUT2D eigenvalue weighted by molar-refractivity contribution is -0.136. The van der Waals surface area contributed by atoms with Gasteiger partial charge in [-0.15, -0.1) is 0 Å². The van der Waals surface area contributed by atoms with E-state index in [2.05, 4.69) is 13.8 Å². The number of fused-ring (bicyclic) bond motifs is 2. The number of aliphatic carboxylic acids is 1. The molecule has 2 rings (SSSR count). The molecule has 0 aliphatic heterocycles. The molecule has 2 N–H and O–H groups in total. The number of rotatable bonds is 5. The molecule has 2 fully saturated rings. The fourth-order valence-corrected chi connectivity index (χ4v) is 5.33. The van der Waals surface area contributed by atoms with Gasteiger partial charge in [-0.25, -0.2) is 0 Å². The highest BCUT2D eigenvalue weighted by atomic mass is 32.2. The van der Waals surface area contributed by atoms with Crippen molar-refractivity contribution in [3.8, 4) is 0 Å². The molecule has 0 aromatic heterocycles. The van der Waals surface area contributed by atoms with Crippen molar-refractivity contribution in [2.24, 2.45) is 16.7 Å². The molecular weight excluding hydrogens is 236 g/mol. The molecule has 0 saturated heterocycles. The van der Waals surface area contributed by atoms with Gasteiger partial charge >= 0.3 is 5.97 Å². The third-order valence-corrected chi connectivity index (χ3v) is 6.42. The van der Waals surface area contributed by atoms with E-state index in [0.29, 0.717) is 11.7 Å². The minimum absolute atomic E-state index is 0.0286. The molecule has 0 spiro atoms. The third-order valence-electron chi connectivity index (χ3n) is 5.21. The van der Waals surface area contributed by atoms with Crippen LogP contribution in [0.2, 0.25) is 0 Å². The monoisotopic (exact) mass is 258 g/mol. The Labute approximate surface area is 107 Å². The SMILES string of the molecule is CC1(C)[C@@H]2CC[C@@]1(CSCCC(=O)O)[C@H](O)C2. The zero-order chi connectivity index (χ0) is 12.7. The van der Waals surface area contributed by atoms with Crippen molar-refractivity contribution < 1.29 is 15.0 Å². The van der Waals surface area contributed by atoms with Crippen molar-refractivity contribution in [3.63, 3.8) is 0 Å². The predicted molar refractivity (Wildman–Crippen MR) is 69.1 cm³/mol. The lowest BCUT2D eigenvalue weighted by atomic mass is 9.70. The Morgan fingerprint density at radius 2 is 2.18 bits per heavy atom. The summed E-state index contributed by atoms with van der Waals surface area (Å²) in [5.41, 5.74) is 0.240. The molecule has 0 radical (unpaired) electrons. The topological polar surface area (TPSA) is 57.5 Å². The summed E-state index contributed by atoms with van der Waals surface area (Å²) >= 11 is 1.69. The Balaban J connectivity index is 1.95. The zero-order valence-electron chi connectivity index (χ0n) is 10.6. The predicted octanol–water partition coefficient (Wildman–Crippen LogP) is 2.38. The molecule has 0 unspecified atom stereocenters. The average Bonchev–Trinajstić information content (AvgIpc) is 2.58. The molecule has 3 atom stereocenters. The van der Waals surface area contributed by atoms with Crippen LogP contribution in [0.25, 0.3) is 0 Å². The quantitative estimate of drug-likeness (QED) is 0.743. The summed E-state index contributed by atoms with van der Waals surface area (Å²) in [6.45, 7) is 4.55. The first-order valence-electron chi connectivity index (χ1n) is 6.38. The average molecular weight is 258 g/mol. The molecule has 2 aliphatic rings. The van der Waals surface area contributed by atoms with Crippen molar-refractivity contribution in [2.45, 2.75) is 45.6 Å². The van der Waals surface area contributed by atoms with Gasteiger partial charge in [-0.1, -0.05) is 13.8 Å². The van der Waals surface area contributed by atoms with Crippen LogP contribution in [-0.2, 0) is 4.79 Å². The second-order valence-electron chi connectivity index (χ2n) is 6.06. The van der Waals surface area contributed by atoms with E-state index in [0.717, 1.165) is 18.6 Å². The summed E-state index contributed by atoms with van der Waals surface area (Å²) in [7, 11) is 0. The molecular formula is C13H22O3S. The van der Waals surface area contributed by atoms with E-state index in [4.69, 9.17) is 5.11 Å². The van der Waals surface area contributed by atoms with Crippen LogP contribution >= 0.6 is 11.8 Å². The van der Waals surface area contributed by atoms with E-state index < -0.39 is 5.97 Å². The van der Waals surface area contributed by atoms with Gasteiger partial charge in [-0.05, 0) is 30.6 Å². The maximum Gasteiger partial charge on any atom is 0.304 e. The normalized spacial score (nSPS) is 38.5. The summed E-state index contributed by atoms with van der Waals surface area (Å²) in [6.07, 6.45) is 3.30. The van der Waals surface area contributed by atoms with Gasteiger partial charge in [-0.3, -0.25) is 4.79 Å². The molecule has 17 heavy (non-hydrogen) atoms. The van der Waals surface area contributed by atoms with E-state index in [1.807, 2.05) is 0 Å². The van der Waals surface area contributed by atoms with Gasteiger partial charge < -0.3 is 10.2 Å². The minimum atomic E-state index is -0.731. The number of carboxylic acids is 1. The molecule has 0 heterocycles. The summed E-state index contributed by atoms with van der Waals surface area (Å²) in [6, 6.07) is 0. The van der Waals surface area contributed by atoms with Gasteiger partial charge in [0.25, 0.3) is 0 Å². The summed E-state index contributed by atoms with van der Waals surface area (Å²) in [5.74, 6) is 1.48. The van der Waals surface area contributed by atoms with Gasteiger partial charge in [0, 0.05) is 16.9 Å². The molecule has 0 aromatic rings. The molecule has 0 amide bonds. The number of carboxylic acid groups (broad SMARTS) is 1. The molecule has 98 valence electrons. The lowest BCUT2D eigenvalue weighted by Crippen LogP contribution is -2.41. The molecule has 2 aliphatic carbocycles. The molecule has 3 nitrogen and oxygen atoms in total. The van der Waals surface area contributed by atoms with Crippen LogP contribution < -0.4 is 0 Å². The van der Waals surface area contributed by atoms with Crippen LogP contribution in [0.3, 0.4) is 0 Å². The first-order valence-corrected chi connectivity index (χ1v) is 7.53. The second kappa shape index (κ2) is 4.47. The Kier molecular flexibility index (Phi) is 3.47. The second-order valence-corrected chi connectivity index (χ2v) is 7.17. The highest BCUT2D eigenvalue weighted by Gasteiger charge is 2.63. The Morgan fingerprint density at radius 3 is 2.65 bits per heavy atom. The van der Waals surface area contributed by atoms with Crippen LogP contribution in [0.4, 0.5) is 0 Å². The van der Waals surface area contributed by atoms with Crippen molar-refractivity contribution in [3.05, 3.63) is 0 Å². The van der Waals surface area contributed by atoms with Gasteiger partial charge in [0.2, 0.25) is 0 Å². The fourth-order valence-electron chi connectivity index (χ4n) is 3.79. The summed E-state index contributed by atoms with van der Waals surface area (Å²) in [5, 5.41) is 18.9. The van der Waals surface area contributed by atoms with E-state index in [-0.39, 0.29) is 23.4 Å². The molecule has 2 saturated carbocycles. The van der Waals surface area contributed by atoms with Gasteiger partial charge in [0.05, 0.1) is 12.5 Å². The maximum absolute atomic E-state index is 10.5. The first-order chi connectivity index (χ1) is 7.90. The van der Waals surface area contributed by atoms with E-state index >= 15 is 0 Å². The van der Waals surface area contributed by atoms with Crippen LogP contribution in [-0.4, -0.2) is 33.8 Å². The van der Waals surface area contributed by atoms with Gasteiger partial charge in [0.1, 0.15) is 0 Å². The number of hydrogen-bond donors (Lipinski definition) is 2. The van der Waals surface area contributed by atoms with Crippen LogP contribution in [0.5, 0.6) is 0 Å².